The maximum atomic E-state index is 14.8. The summed E-state index contributed by atoms with van der Waals surface area (Å²) in [5.41, 5.74) is 24.2. The standard InChI is InChI=1S/C86H104ClFN14O13S/c1-53(2)75(99-85(108)115-86(4,5)6)79(104)98-67(21-17-38-93-84(91)107)78(103)97-61-31-28-58(59(46-61)48-100(7)82(105)66(90)20-15-16-37-89)49-102(8)43-40-101(41-44-102)42-45-111-70-35-34-64(54(3)74(70)87)72-73-80(94-52-95-81(73)116-76(72)56-26-29-60(88)30-27-56)114-71(83(106)113-50-55-24-32-63(109-9)33-25-55)47-57-18-11-13-22-68(57)112-51-62-36-39-92-77(96-62)65-19-12-14-23-69(65)110-10/h11-14,18-19,22-36,39,46,52-53,66-67,71,75H,15-17,20-21,37-38,40-45,47-51,89-90H2,1-10H3,(H5-,91,93,97,98,99,103,104,107,108)/p+1/t66-,67-,71+,75-/m0/s1. The number of fused-ring (bicyclic) bond motifs is 1. The Kier molecular flexibility index (Phi) is 30.8. The van der Waals surface area contributed by atoms with Crippen LogP contribution in [-0.4, -0.2) is 181 Å². The molecule has 1 fully saturated rings. The SMILES string of the molecule is COc1ccc(COC(=O)[C@@H](Cc2ccccc2OCc2ccnc(-c3ccccc3OC)n2)Oc2ncnc3sc(-c4ccc(F)cc4)c(-c4ccc(OCCN5CC[N+](C)(Cc6ccc(NC(=O)[C@H](CCCNC(N)=O)NC(=O)[C@@H](NC(=O)OC(C)(C)C)C(C)C)cc6CN(C)C(=O)[C@@H](N)CCCCN)CC5)c(Cl)c4C)c23)cc1. The molecule has 1 aliphatic rings. The van der Waals surface area contributed by atoms with Gasteiger partial charge in [0, 0.05) is 74.1 Å². The minimum Gasteiger partial charge on any atom is -0.497 e. The number of carbonyl (C=O) groups excluding carboxylic acids is 6. The Morgan fingerprint density at radius 1 is 0.776 bits per heavy atom. The molecule has 0 spiro atoms. The van der Waals surface area contributed by atoms with E-state index in [1.54, 1.807) is 103 Å². The van der Waals surface area contributed by atoms with Crippen LogP contribution in [0.4, 0.5) is 19.7 Å². The van der Waals surface area contributed by atoms with E-state index in [0.29, 0.717) is 137 Å². The third-order valence-electron chi connectivity index (χ3n) is 19.9. The molecule has 6 aromatic carbocycles. The number of primary amides is 1. The Hall–Kier alpha value is -11.1. The lowest BCUT2D eigenvalue weighted by atomic mass is 9.96. The van der Waals surface area contributed by atoms with E-state index in [-0.39, 0.29) is 57.4 Å². The number of hydrogen-bond acceptors (Lipinski definition) is 21. The number of urea groups is 1. The number of esters is 1. The van der Waals surface area contributed by atoms with Crippen LogP contribution < -0.4 is 62.2 Å². The summed E-state index contributed by atoms with van der Waals surface area (Å²) < 4.78 is 57.9. The highest BCUT2D eigenvalue weighted by atomic mass is 35.5. The third kappa shape index (κ3) is 24.0. The van der Waals surface area contributed by atoms with Gasteiger partial charge in [-0.05, 0) is 166 Å². The van der Waals surface area contributed by atoms with Crippen LogP contribution in [0.3, 0.4) is 0 Å². The van der Waals surface area contributed by atoms with E-state index in [0.717, 1.165) is 49.3 Å². The molecule has 9 aromatic rings. The number of ether oxygens (including phenoxy) is 7. The molecule has 30 heteroatoms. The average molecular weight is 1630 g/mol. The number of rotatable bonds is 38. The molecule has 0 saturated carbocycles. The molecular weight excluding hydrogens is 1520 g/mol. The first kappa shape index (κ1) is 87.3. The highest BCUT2D eigenvalue weighted by Gasteiger charge is 2.35. The van der Waals surface area contributed by atoms with Crippen molar-refractivity contribution in [2.45, 2.75) is 136 Å². The summed E-state index contributed by atoms with van der Waals surface area (Å²) in [6.07, 6.45) is 3.17. The van der Waals surface area contributed by atoms with E-state index in [1.807, 2.05) is 91.9 Å². The molecule has 3 aromatic heterocycles. The predicted octanol–water partition coefficient (Wildman–Crippen LogP) is 12.1. The first-order chi connectivity index (χ1) is 55.6. The molecule has 27 nitrogen and oxygen atoms in total. The van der Waals surface area contributed by atoms with Crippen LogP contribution in [0.1, 0.15) is 100 Å². The van der Waals surface area contributed by atoms with Crippen LogP contribution in [0, 0.1) is 18.7 Å². The Bertz CT molecular complexity index is 4870. The summed E-state index contributed by atoms with van der Waals surface area (Å²) in [6.45, 7) is 15.7. The number of nitrogens with two attached hydrogens (primary N) is 3. The number of amides is 6. The fourth-order valence-corrected chi connectivity index (χ4v) is 14.9. The van der Waals surface area contributed by atoms with Crippen molar-refractivity contribution in [2.75, 3.05) is 86.1 Å². The molecule has 10 N–H and O–H groups in total. The van der Waals surface area contributed by atoms with Gasteiger partial charge in [0.2, 0.25) is 29.7 Å². The molecule has 4 atom stereocenters. The molecule has 116 heavy (non-hydrogen) atoms. The van der Waals surface area contributed by atoms with Gasteiger partial charge in [-0.2, -0.15) is 0 Å². The topological polar surface area (TPSA) is 351 Å². The first-order valence-corrected chi connectivity index (χ1v) is 39.9. The van der Waals surface area contributed by atoms with E-state index in [9.17, 15) is 33.2 Å². The quantitative estimate of drug-likeness (QED) is 0.0107. The van der Waals surface area contributed by atoms with Gasteiger partial charge >= 0.3 is 18.1 Å². The van der Waals surface area contributed by atoms with Crippen molar-refractivity contribution >= 4 is 74.7 Å². The number of thiophene rings is 1. The second-order valence-electron chi connectivity index (χ2n) is 30.3. The van der Waals surface area contributed by atoms with Crippen LogP contribution >= 0.6 is 22.9 Å². The fourth-order valence-electron chi connectivity index (χ4n) is 13.5. The number of nitrogens with zero attached hydrogens (tertiary/aromatic N) is 7. The number of methoxy groups -OCH3 is 2. The van der Waals surface area contributed by atoms with Crippen molar-refractivity contribution in [1.82, 2.24) is 45.7 Å². The van der Waals surface area contributed by atoms with E-state index in [1.165, 1.54) is 29.8 Å². The second-order valence-corrected chi connectivity index (χ2v) is 31.7. The lowest BCUT2D eigenvalue weighted by molar-refractivity contribution is -0.926. The highest BCUT2D eigenvalue weighted by molar-refractivity contribution is 7.22. The first-order valence-electron chi connectivity index (χ1n) is 38.7. The summed E-state index contributed by atoms with van der Waals surface area (Å²) >= 11 is 8.77. The summed E-state index contributed by atoms with van der Waals surface area (Å²) in [5, 5.41) is 11.8. The van der Waals surface area contributed by atoms with E-state index in [4.69, 9.17) is 76.9 Å². The van der Waals surface area contributed by atoms with Crippen LogP contribution in [0.2, 0.25) is 5.02 Å². The summed E-state index contributed by atoms with van der Waals surface area (Å²) in [4.78, 5) is 105. The van der Waals surface area contributed by atoms with Gasteiger partial charge in [0.1, 0.15) is 84.0 Å². The Morgan fingerprint density at radius 2 is 1.51 bits per heavy atom. The number of benzene rings is 6. The van der Waals surface area contributed by atoms with Crippen molar-refractivity contribution in [2.24, 2.45) is 23.1 Å². The van der Waals surface area contributed by atoms with Gasteiger partial charge in [-0.3, -0.25) is 19.3 Å². The Balaban J connectivity index is 0.860. The Morgan fingerprint density at radius 3 is 2.22 bits per heavy atom. The number of unbranched alkanes of at least 4 members (excludes halogenated alkanes) is 1. The zero-order valence-corrected chi connectivity index (χ0v) is 68.9. The number of hydrogen-bond donors (Lipinski definition) is 7. The lowest BCUT2D eigenvalue weighted by Crippen LogP contribution is -2.57. The van der Waals surface area contributed by atoms with Crippen LogP contribution in [0.5, 0.6) is 28.9 Å². The monoisotopic (exact) mass is 1630 g/mol. The van der Waals surface area contributed by atoms with Gasteiger partial charge in [0.15, 0.2) is 5.82 Å². The van der Waals surface area contributed by atoms with Crippen molar-refractivity contribution in [3.63, 3.8) is 0 Å². The molecular formula is C86H105ClFN14O13S+. The smallest absolute Gasteiger partial charge is 0.408 e. The van der Waals surface area contributed by atoms with Crippen molar-refractivity contribution < 1.29 is 70.8 Å². The maximum Gasteiger partial charge on any atom is 0.408 e. The van der Waals surface area contributed by atoms with Gasteiger partial charge in [-0.1, -0.05) is 98.6 Å². The normalized spacial score (nSPS) is 13.8. The molecule has 0 aliphatic carbocycles. The van der Waals surface area contributed by atoms with Gasteiger partial charge in [-0.25, -0.2) is 38.7 Å². The number of aromatic nitrogens is 4. The van der Waals surface area contributed by atoms with Crippen LogP contribution in [-0.2, 0) is 61.4 Å². The number of piperazine rings is 1. The van der Waals surface area contributed by atoms with Crippen molar-refractivity contribution in [3.05, 3.63) is 190 Å². The number of alkyl carbamates (subject to hydrolysis) is 1. The summed E-state index contributed by atoms with van der Waals surface area (Å²) in [7, 11) is 7.06. The molecule has 0 radical (unpaired) electrons. The molecule has 0 unspecified atom stereocenters. The molecule has 4 heterocycles. The predicted molar refractivity (Wildman–Crippen MR) is 444 cm³/mol. The van der Waals surface area contributed by atoms with Crippen molar-refractivity contribution in [1.29, 1.82) is 0 Å². The van der Waals surface area contributed by atoms with Gasteiger partial charge in [0.25, 0.3) is 0 Å². The van der Waals surface area contributed by atoms with Gasteiger partial charge in [-0.15, -0.1) is 11.3 Å². The summed E-state index contributed by atoms with van der Waals surface area (Å²) in [6, 6.07) is 35.6. The zero-order valence-electron chi connectivity index (χ0n) is 67.3. The fraction of sp³-hybridized carbons (Fsp3) is 0.395. The van der Waals surface area contributed by atoms with Gasteiger partial charge in [0.05, 0.1) is 62.1 Å². The number of likely N-dealkylation sites (N-methyl/N-ethyl adjacent to an activating group) is 2. The van der Waals surface area contributed by atoms with E-state index in [2.05, 4.69) is 38.2 Å². The number of anilines is 1. The van der Waals surface area contributed by atoms with Crippen LogP contribution in [0.15, 0.2) is 146 Å². The average Bonchev–Trinajstić information content (AvgIpc) is 1.58. The lowest BCUT2D eigenvalue weighted by Gasteiger charge is -2.42. The number of halogens is 2. The molecule has 10 rings (SSSR count). The minimum absolute atomic E-state index is 0.0253. The second kappa shape index (κ2) is 41.0. The molecule has 0 bridgehead atoms. The number of carbonyl (C=O) groups is 6. The molecule has 6 amide bonds. The van der Waals surface area contributed by atoms with Gasteiger partial charge < -0.3 is 81.0 Å². The largest absolute Gasteiger partial charge is 0.497 e. The molecule has 616 valence electrons. The van der Waals surface area contributed by atoms with E-state index < -0.39 is 71.5 Å². The number of para-hydroxylation sites is 2. The van der Waals surface area contributed by atoms with Crippen LogP contribution in [0.25, 0.3) is 43.2 Å². The number of nitrogens with one attached hydrogen (secondary N) is 4. The maximum absolute atomic E-state index is 14.8. The summed E-state index contributed by atoms with van der Waals surface area (Å²) in [5.74, 6) is -0.160. The Labute approximate surface area is 685 Å². The third-order valence-corrected chi connectivity index (χ3v) is 21.6. The highest BCUT2D eigenvalue weighted by Crippen LogP contribution is 2.50. The molecule has 1 saturated heterocycles. The van der Waals surface area contributed by atoms with E-state index >= 15 is 0 Å². The van der Waals surface area contributed by atoms with Crippen molar-refractivity contribution in [3.8, 4) is 61.8 Å². The minimum atomic E-state index is -1.31. The zero-order chi connectivity index (χ0) is 83.2. The molecule has 1 aliphatic heterocycles. The number of quaternary nitrogens is 1.